The van der Waals surface area contributed by atoms with Gasteiger partial charge in [0.1, 0.15) is 0 Å². The van der Waals surface area contributed by atoms with Gasteiger partial charge in [-0.25, -0.2) is 4.79 Å². The highest BCUT2D eigenvalue weighted by atomic mass is 28.4. The zero-order chi connectivity index (χ0) is 20.8. The molecule has 28 heavy (non-hydrogen) atoms. The topological polar surface area (TPSA) is 35.5 Å². The van der Waals surface area contributed by atoms with E-state index in [0.717, 1.165) is 25.7 Å². The van der Waals surface area contributed by atoms with E-state index in [1.54, 1.807) is 12.1 Å². The molecule has 1 aliphatic carbocycles. The SMILES string of the molecule is CCC/C=C/C(O[Si](C)(C)C(C)(C)C)C1CCC1COC(=O)c1ccccc1. The summed E-state index contributed by atoms with van der Waals surface area (Å²) in [5.41, 5.74) is 0.621. The maximum Gasteiger partial charge on any atom is 0.338 e. The largest absolute Gasteiger partial charge is 0.462 e. The fraction of sp³-hybridized carbons (Fsp3) is 0.625. The average Bonchev–Trinajstić information content (AvgIpc) is 2.60. The first-order valence-corrected chi connectivity index (χ1v) is 13.6. The van der Waals surface area contributed by atoms with Crippen LogP contribution >= 0.6 is 0 Å². The number of hydrogen-bond donors (Lipinski definition) is 0. The minimum Gasteiger partial charge on any atom is -0.462 e. The predicted molar refractivity (Wildman–Crippen MR) is 119 cm³/mol. The van der Waals surface area contributed by atoms with Gasteiger partial charge in [0.15, 0.2) is 8.32 Å². The highest BCUT2D eigenvalue weighted by Crippen LogP contribution is 2.43. The lowest BCUT2D eigenvalue weighted by atomic mass is 9.71. The summed E-state index contributed by atoms with van der Waals surface area (Å²) in [7, 11) is -1.86. The van der Waals surface area contributed by atoms with E-state index >= 15 is 0 Å². The van der Waals surface area contributed by atoms with Crippen LogP contribution in [0.15, 0.2) is 42.5 Å². The van der Waals surface area contributed by atoms with Crippen LogP contribution in [-0.4, -0.2) is 27.0 Å². The number of hydrogen-bond acceptors (Lipinski definition) is 3. The monoisotopic (exact) mass is 402 g/mol. The average molecular weight is 403 g/mol. The van der Waals surface area contributed by atoms with E-state index in [9.17, 15) is 4.79 Å². The fourth-order valence-electron chi connectivity index (χ4n) is 3.26. The summed E-state index contributed by atoms with van der Waals surface area (Å²) < 4.78 is 12.4. The molecule has 1 aromatic rings. The van der Waals surface area contributed by atoms with Gasteiger partial charge in [0.25, 0.3) is 0 Å². The summed E-state index contributed by atoms with van der Waals surface area (Å²) in [4.78, 5) is 12.3. The second kappa shape index (κ2) is 9.88. The summed E-state index contributed by atoms with van der Waals surface area (Å²) >= 11 is 0. The van der Waals surface area contributed by atoms with Crippen LogP contribution in [0.3, 0.4) is 0 Å². The molecule has 3 unspecified atom stereocenters. The van der Waals surface area contributed by atoms with E-state index in [-0.39, 0.29) is 17.1 Å². The van der Waals surface area contributed by atoms with E-state index in [0.29, 0.717) is 24.0 Å². The molecule has 0 radical (unpaired) electrons. The van der Waals surface area contributed by atoms with Crippen molar-refractivity contribution in [3.8, 4) is 0 Å². The van der Waals surface area contributed by atoms with Crippen LogP contribution in [0, 0.1) is 11.8 Å². The Hall–Kier alpha value is -1.39. The third-order valence-electron chi connectivity index (χ3n) is 6.35. The standard InChI is InChI=1S/C24H38O3Si/c1-7-8-10-15-22(27-28(5,6)24(2,3)4)21-17-16-20(21)18-26-23(25)19-13-11-9-12-14-19/h9-15,20-22H,7-8,16-18H2,1-6H3/b15-10+. The molecule has 0 aliphatic heterocycles. The summed E-state index contributed by atoms with van der Waals surface area (Å²) in [5, 5.41) is 0.183. The van der Waals surface area contributed by atoms with E-state index < -0.39 is 8.32 Å². The first-order chi connectivity index (χ1) is 13.2. The normalized spacial score (nSPS) is 21.4. The number of esters is 1. The van der Waals surface area contributed by atoms with E-state index in [1.807, 2.05) is 18.2 Å². The van der Waals surface area contributed by atoms with Crippen LogP contribution in [0.2, 0.25) is 18.1 Å². The lowest BCUT2D eigenvalue weighted by Gasteiger charge is -2.46. The maximum absolute atomic E-state index is 12.3. The molecule has 3 atom stereocenters. The summed E-state index contributed by atoms with van der Waals surface area (Å²) in [5.74, 6) is 0.592. The van der Waals surface area contributed by atoms with Crippen LogP contribution in [0.5, 0.6) is 0 Å². The van der Waals surface area contributed by atoms with Gasteiger partial charge in [-0.1, -0.05) is 64.5 Å². The Balaban J connectivity index is 2.01. The molecule has 0 N–H and O–H groups in total. The number of benzene rings is 1. The lowest BCUT2D eigenvalue weighted by molar-refractivity contribution is -0.00435. The van der Waals surface area contributed by atoms with Crippen molar-refractivity contribution in [1.82, 2.24) is 0 Å². The third-order valence-corrected chi connectivity index (χ3v) is 10.8. The number of rotatable bonds is 9. The Labute approximate surface area is 172 Å². The van der Waals surface area contributed by atoms with Crippen molar-refractivity contribution in [2.24, 2.45) is 11.8 Å². The van der Waals surface area contributed by atoms with Gasteiger partial charge in [0.2, 0.25) is 0 Å². The van der Waals surface area contributed by atoms with Crippen molar-refractivity contribution in [2.75, 3.05) is 6.61 Å². The Morgan fingerprint density at radius 3 is 2.43 bits per heavy atom. The first-order valence-electron chi connectivity index (χ1n) is 10.7. The van der Waals surface area contributed by atoms with Crippen molar-refractivity contribution in [3.63, 3.8) is 0 Å². The molecule has 156 valence electrons. The number of unbranched alkanes of at least 4 members (excludes halogenated alkanes) is 1. The quantitative estimate of drug-likeness (QED) is 0.265. The summed E-state index contributed by atoms with van der Waals surface area (Å²) in [6.07, 6.45) is 9.14. The minimum absolute atomic E-state index is 0.126. The fourth-order valence-corrected chi connectivity index (χ4v) is 4.55. The highest BCUT2D eigenvalue weighted by molar-refractivity contribution is 6.74. The zero-order valence-corrected chi connectivity index (χ0v) is 19.5. The molecule has 0 aromatic heterocycles. The van der Waals surface area contributed by atoms with Crippen LogP contribution in [-0.2, 0) is 9.16 Å². The second-order valence-electron chi connectivity index (χ2n) is 9.53. The zero-order valence-electron chi connectivity index (χ0n) is 18.5. The van der Waals surface area contributed by atoms with Gasteiger partial charge in [-0.2, -0.15) is 0 Å². The molecule has 4 heteroatoms. The third kappa shape index (κ3) is 6.05. The molecule has 1 fully saturated rings. The van der Waals surface area contributed by atoms with Gasteiger partial charge in [0.05, 0.1) is 18.3 Å². The summed E-state index contributed by atoms with van der Waals surface area (Å²) in [6, 6.07) is 9.24. The smallest absolute Gasteiger partial charge is 0.338 e. The van der Waals surface area contributed by atoms with Crippen LogP contribution in [0.25, 0.3) is 0 Å². The van der Waals surface area contributed by atoms with Gasteiger partial charge in [-0.05, 0) is 61.4 Å². The molecule has 0 spiro atoms. The van der Waals surface area contributed by atoms with Gasteiger partial charge in [-0.3, -0.25) is 0 Å². The molecule has 1 aliphatic rings. The molecule has 1 saturated carbocycles. The number of ether oxygens (including phenoxy) is 1. The van der Waals surface area contributed by atoms with Crippen LogP contribution in [0.4, 0.5) is 0 Å². The number of allylic oxidation sites excluding steroid dienone is 1. The molecule has 0 heterocycles. The van der Waals surface area contributed by atoms with Gasteiger partial charge in [-0.15, -0.1) is 0 Å². The Kier molecular flexibility index (Phi) is 8.08. The van der Waals surface area contributed by atoms with Gasteiger partial charge < -0.3 is 9.16 Å². The number of carbonyl (C=O) groups is 1. The summed E-state index contributed by atoms with van der Waals surface area (Å²) in [6.45, 7) is 14.2. The number of carbonyl (C=O) groups excluding carboxylic acids is 1. The highest BCUT2D eigenvalue weighted by Gasteiger charge is 2.44. The van der Waals surface area contributed by atoms with Gasteiger partial charge in [0, 0.05) is 0 Å². The first kappa shape index (κ1) is 22.9. The Morgan fingerprint density at radius 2 is 1.89 bits per heavy atom. The van der Waals surface area contributed by atoms with E-state index in [2.05, 4.69) is 52.9 Å². The van der Waals surface area contributed by atoms with Crippen molar-refractivity contribution in [3.05, 3.63) is 48.0 Å². The molecular formula is C24H38O3Si. The van der Waals surface area contributed by atoms with Crippen LogP contribution < -0.4 is 0 Å². The minimum atomic E-state index is -1.86. The molecule has 0 amide bonds. The van der Waals surface area contributed by atoms with Crippen molar-refractivity contribution < 1.29 is 14.0 Å². The van der Waals surface area contributed by atoms with E-state index in [1.165, 1.54) is 0 Å². The van der Waals surface area contributed by atoms with Crippen molar-refractivity contribution in [2.45, 2.75) is 77.6 Å². The van der Waals surface area contributed by atoms with Gasteiger partial charge >= 0.3 is 5.97 Å². The second-order valence-corrected chi connectivity index (χ2v) is 14.3. The van der Waals surface area contributed by atoms with Crippen molar-refractivity contribution >= 4 is 14.3 Å². The molecule has 0 saturated heterocycles. The predicted octanol–water partition coefficient (Wildman–Crippen LogP) is 6.62. The molecule has 3 nitrogen and oxygen atoms in total. The lowest BCUT2D eigenvalue weighted by Crippen LogP contribution is -2.49. The van der Waals surface area contributed by atoms with E-state index in [4.69, 9.17) is 9.16 Å². The Bertz CT molecular complexity index is 646. The molecule has 1 aromatic carbocycles. The van der Waals surface area contributed by atoms with Crippen LogP contribution in [0.1, 0.15) is 63.7 Å². The molecule has 2 rings (SSSR count). The molecule has 0 bridgehead atoms. The van der Waals surface area contributed by atoms with Crippen molar-refractivity contribution in [1.29, 1.82) is 0 Å². The Morgan fingerprint density at radius 1 is 1.21 bits per heavy atom. The molecular weight excluding hydrogens is 364 g/mol. The maximum atomic E-state index is 12.3.